The number of aryl methyl sites for hydroxylation is 1. The molecule has 0 saturated heterocycles. The summed E-state index contributed by atoms with van der Waals surface area (Å²) in [5, 5.41) is 7.00. The second-order valence-corrected chi connectivity index (χ2v) is 5.71. The van der Waals surface area contributed by atoms with Gasteiger partial charge < -0.3 is 16.4 Å². The summed E-state index contributed by atoms with van der Waals surface area (Å²) in [7, 11) is 0. The Kier molecular flexibility index (Phi) is 3.66. The van der Waals surface area contributed by atoms with Gasteiger partial charge in [-0.25, -0.2) is 0 Å². The monoisotopic (exact) mass is 321 g/mol. The number of nitrogen functional groups attached to an aromatic ring is 1. The first-order valence-corrected chi connectivity index (χ1v) is 7.23. The van der Waals surface area contributed by atoms with Crippen LogP contribution < -0.4 is 16.4 Å². The fourth-order valence-electron chi connectivity index (χ4n) is 2.29. The Hall–Kier alpha value is -1.91. The number of fused-ring (bicyclic) bond motifs is 1. The predicted octanol–water partition coefficient (Wildman–Crippen LogP) is 4.20. The number of hydrogen-bond donors (Lipinski definition) is 3. The Morgan fingerprint density at radius 3 is 2.67 bits per heavy atom. The molecule has 0 aliphatic carbocycles. The lowest BCUT2D eigenvalue weighted by Crippen LogP contribution is -2.19. The van der Waals surface area contributed by atoms with Gasteiger partial charge in [0.05, 0.1) is 21.4 Å². The van der Waals surface area contributed by atoms with E-state index >= 15 is 0 Å². The van der Waals surface area contributed by atoms with Crippen LogP contribution in [0.4, 0.5) is 22.7 Å². The van der Waals surface area contributed by atoms with Crippen LogP contribution in [0.5, 0.6) is 0 Å². The summed E-state index contributed by atoms with van der Waals surface area (Å²) < 4.78 is 0. The average molecular weight is 322 g/mol. The molecule has 0 fully saturated rings. The van der Waals surface area contributed by atoms with Crippen LogP contribution in [0, 0.1) is 0 Å². The van der Waals surface area contributed by atoms with Gasteiger partial charge in [-0.15, -0.1) is 0 Å². The van der Waals surface area contributed by atoms with E-state index < -0.39 is 0 Å². The third-order valence-electron chi connectivity index (χ3n) is 3.37. The Morgan fingerprint density at radius 2 is 1.90 bits per heavy atom. The van der Waals surface area contributed by atoms with E-state index in [4.69, 9.17) is 28.9 Å². The van der Waals surface area contributed by atoms with E-state index in [1.165, 1.54) is 0 Å². The fraction of sp³-hybridized carbons (Fsp3) is 0.133. The van der Waals surface area contributed by atoms with Crippen molar-refractivity contribution in [2.75, 3.05) is 16.4 Å². The van der Waals surface area contributed by atoms with Crippen molar-refractivity contribution in [3.8, 4) is 0 Å². The molecule has 0 saturated carbocycles. The van der Waals surface area contributed by atoms with Gasteiger partial charge in [0.25, 0.3) is 0 Å². The van der Waals surface area contributed by atoms with Crippen molar-refractivity contribution in [1.82, 2.24) is 0 Å². The van der Waals surface area contributed by atoms with Gasteiger partial charge in [-0.3, -0.25) is 4.79 Å². The second-order valence-electron chi connectivity index (χ2n) is 4.90. The maximum absolute atomic E-state index is 11.5. The molecule has 4 nitrogen and oxygen atoms in total. The summed E-state index contributed by atoms with van der Waals surface area (Å²) in [6, 6.07) is 8.97. The highest BCUT2D eigenvalue weighted by Crippen LogP contribution is 2.34. The van der Waals surface area contributed by atoms with Crippen molar-refractivity contribution in [2.24, 2.45) is 0 Å². The molecule has 1 heterocycles. The molecular weight excluding hydrogens is 309 g/mol. The molecular formula is C15H13Cl2N3O. The number of carbonyl (C=O) groups is 1. The molecule has 2 aromatic rings. The smallest absolute Gasteiger partial charge is 0.224 e. The molecule has 21 heavy (non-hydrogen) atoms. The highest BCUT2D eigenvalue weighted by molar-refractivity contribution is 6.42. The summed E-state index contributed by atoms with van der Waals surface area (Å²) in [4.78, 5) is 11.5. The van der Waals surface area contributed by atoms with Crippen LogP contribution in [0.25, 0.3) is 0 Å². The van der Waals surface area contributed by atoms with E-state index in [2.05, 4.69) is 10.6 Å². The van der Waals surface area contributed by atoms with Crippen molar-refractivity contribution >= 4 is 51.9 Å². The van der Waals surface area contributed by atoms with Crippen molar-refractivity contribution in [3.05, 3.63) is 45.9 Å². The van der Waals surface area contributed by atoms with Gasteiger partial charge in [0, 0.05) is 17.8 Å². The minimum Gasteiger partial charge on any atom is -0.397 e. The zero-order valence-corrected chi connectivity index (χ0v) is 12.6. The first kappa shape index (κ1) is 14.0. The molecule has 1 amide bonds. The van der Waals surface area contributed by atoms with Crippen LogP contribution in [0.1, 0.15) is 12.0 Å². The standard InChI is InChI=1S/C15H13Cl2N3O/c16-10-3-2-9(6-11(10)17)19-14-7-13-8(5-12(14)18)1-4-15(21)20-13/h2-3,5-7,19H,1,4,18H2,(H,20,21). The maximum Gasteiger partial charge on any atom is 0.224 e. The summed E-state index contributed by atoms with van der Waals surface area (Å²) in [5.41, 5.74) is 10.0. The third kappa shape index (κ3) is 2.91. The molecule has 0 unspecified atom stereocenters. The molecule has 3 rings (SSSR count). The van der Waals surface area contributed by atoms with E-state index in [1.807, 2.05) is 18.2 Å². The van der Waals surface area contributed by atoms with Gasteiger partial charge in [0.1, 0.15) is 0 Å². The summed E-state index contributed by atoms with van der Waals surface area (Å²) in [5.74, 6) is 0.0211. The normalized spacial score (nSPS) is 13.5. The minimum absolute atomic E-state index is 0.0211. The molecule has 0 spiro atoms. The topological polar surface area (TPSA) is 67.2 Å². The summed E-state index contributed by atoms with van der Waals surface area (Å²) in [6.45, 7) is 0. The third-order valence-corrected chi connectivity index (χ3v) is 4.11. The Bertz CT molecular complexity index is 731. The highest BCUT2D eigenvalue weighted by Gasteiger charge is 2.16. The molecule has 6 heteroatoms. The van der Waals surface area contributed by atoms with Crippen molar-refractivity contribution in [3.63, 3.8) is 0 Å². The number of anilines is 4. The number of nitrogens with one attached hydrogen (secondary N) is 2. The van der Waals surface area contributed by atoms with Crippen LogP contribution in [0.2, 0.25) is 10.0 Å². The van der Waals surface area contributed by atoms with E-state index in [0.717, 1.165) is 16.9 Å². The van der Waals surface area contributed by atoms with Gasteiger partial charge in [-0.05, 0) is 42.3 Å². The molecule has 1 aliphatic heterocycles. The number of benzene rings is 2. The Balaban J connectivity index is 1.93. The highest BCUT2D eigenvalue weighted by atomic mass is 35.5. The van der Waals surface area contributed by atoms with Gasteiger partial charge >= 0.3 is 0 Å². The molecule has 0 bridgehead atoms. The van der Waals surface area contributed by atoms with Crippen LogP contribution >= 0.6 is 23.2 Å². The van der Waals surface area contributed by atoms with Crippen molar-refractivity contribution < 1.29 is 4.79 Å². The number of hydrogen-bond acceptors (Lipinski definition) is 3. The van der Waals surface area contributed by atoms with Gasteiger partial charge in [0.15, 0.2) is 0 Å². The first-order valence-electron chi connectivity index (χ1n) is 6.47. The molecule has 0 atom stereocenters. The summed E-state index contributed by atoms with van der Waals surface area (Å²) in [6.07, 6.45) is 1.20. The van der Waals surface area contributed by atoms with Crippen LogP contribution in [-0.2, 0) is 11.2 Å². The number of halogens is 2. The van der Waals surface area contributed by atoms with Crippen molar-refractivity contribution in [1.29, 1.82) is 0 Å². The number of carbonyl (C=O) groups excluding carboxylic acids is 1. The Morgan fingerprint density at radius 1 is 1.10 bits per heavy atom. The van der Waals surface area contributed by atoms with Gasteiger partial charge in [-0.2, -0.15) is 0 Å². The molecule has 108 valence electrons. The molecule has 4 N–H and O–H groups in total. The maximum atomic E-state index is 11.5. The first-order chi connectivity index (χ1) is 10.0. The van der Waals surface area contributed by atoms with Gasteiger partial charge in [-0.1, -0.05) is 23.2 Å². The van der Waals surface area contributed by atoms with E-state index in [0.29, 0.717) is 34.3 Å². The zero-order valence-electron chi connectivity index (χ0n) is 11.0. The molecule has 1 aliphatic rings. The number of rotatable bonds is 2. The number of nitrogens with two attached hydrogens (primary N) is 1. The lowest BCUT2D eigenvalue weighted by Gasteiger charge is -2.20. The lowest BCUT2D eigenvalue weighted by atomic mass is 10.0. The SMILES string of the molecule is Nc1cc2c(cc1Nc1ccc(Cl)c(Cl)c1)NC(=O)CC2. The van der Waals surface area contributed by atoms with Crippen LogP contribution in [-0.4, -0.2) is 5.91 Å². The largest absolute Gasteiger partial charge is 0.397 e. The van der Waals surface area contributed by atoms with E-state index in [-0.39, 0.29) is 5.91 Å². The lowest BCUT2D eigenvalue weighted by molar-refractivity contribution is -0.116. The zero-order chi connectivity index (χ0) is 15.0. The van der Waals surface area contributed by atoms with Crippen LogP contribution in [0.15, 0.2) is 30.3 Å². The second kappa shape index (κ2) is 5.47. The predicted molar refractivity (Wildman–Crippen MR) is 87.5 cm³/mol. The molecule has 0 radical (unpaired) electrons. The van der Waals surface area contributed by atoms with E-state index in [9.17, 15) is 4.79 Å². The molecule has 2 aromatic carbocycles. The summed E-state index contributed by atoms with van der Waals surface area (Å²) >= 11 is 11.9. The van der Waals surface area contributed by atoms with Crippen molar-refractivity contribution in [2.45, 2.75) is 12.8 Å². The minimum atomic E-state index is 0.0211. The fourth-order valence-corrected chi connectivity index (χ4v) is 2.58. The Labute approximate surface area is 132 Å². The number of amides is 1. The average Bonchev–Trinajstić information content (AvgIpc) is 2.44. The van der Waals surface area contributed by atoms with E-state index in [1.54, 1.807) is 12.1 Å². The van der Waals surface area contributed by atoms with Crippen LogP contribution in [0.3, 0.4) is 0 Å². The quantitative estimate of drug-likeness (QED) is 0.726. The van der Waals surface area contributed by atoms with Gasteiger partial charge in [0.2, 0.25) is 5.91 Å². The molecule has 0 aromatic heterocycles.